The highest BCUT2D eigenvalue weighted by molar-refractivity contribution is 6.12. The van der Waals surface area contributed by atoms with Gasteiger partial charge in [0, 0.05) is 12.2 Å². The number of carbonyl (C=O) groups is 2. The molecule has 9 nitrogen and oxygen atoms in total. The Hall–Kier alpha value is -1.36. The molecule has 2 aliphatic rings. The third-order valence-electron chi connectivity index (χ3n) is 3.35. The molecule has 21 heavy (non-hydrogen) atoms. The Morgan fingerprint density at radius 3 is 2.29 bits per heavy atom. The van der Waals surface area contributed by atoms with Crippen molar-refractivity contribution in [1.29, 1.82) is 0 Å². The molecule has 9 heteroatoms. The maximum Gasteiger partial charge on any atom is 0.253 e. The molecule has 2 heterocycles. The van der Waals surface area contributed by atoms with Crippen LogP contribution in [-0.4, -0.2) is 87.6 Å². The van der Waals surface area contributed by atoms with E-state index in [-0.39, 0.29) is 13.2 Å². The summed E-state index contributed by atoms with van der Waals surface area (Å²) in [5.74, 6) is -0.921. The fourth-order valence-electron chi connectivity index (χ4n) is 2.12. The highest BCUT2D eigenvalue weighted by Gasteiger charge is 2.44. The van der Waals surface area contributed by atoms with Crippen molar-refractivity contribution in [3.05, 3.63) is 12.2 Å². The smallest absolute Gasteiger partial charge is 0.253 e. The van der Waals surface area contributed by atoms with Crippen molar-refractivity contribution in [3.8, 4) is 0 Å². The molecule has 0 radical (unpaired) electrons. The van der Waals surface area contributed by atoms with Crippen molar-refractivity contribution >= 4 is 11.8 Å². The van der Waals surface area contributed by atoms with Gasteiger partial charge in [-0.3, -0.25) is 14.5 Å². The van der Waals surface area contributed by atoms with Crippen LogP contribution in [0, 0.1) is 0 Å². The molecule has 0 unspecified atom stereocenters. The summed E-state index contributed by atoms with van der Waals surface area (Å²) in [5.41, 5.74) is 0. The highest BCUT2D eigenvalue weighted by atomic mass is 16.7. The van der Waals surface area contributed by atoms with Crippen LogP contribution in [0.3, 0.4) is 0 Å². The van der Waals surface area contributed by atoms with Crippen LogP contribution in [-0.2, 0) is 19.1 Å². The highest BCUT2D eigenvalue weighted by Crippen LogP contribution is 2.21. The number of aliphatic hydroxyl groups excluding tert-OH is 4. The van der Waals surface area contributed by atoms with Gasteiger partial charge in [0.15, 0.2) is 6.29 Å². The lowest BCUT2D eigenvalue weighted by atomic mass is 9.99. The van der Waals surface area contributed by atoms with Gasteiger partial charge >= 0.3 is 0 Å². The first kappa shape index (κ1) is 16.0. The Bertz CT molecular complexity index is 419. The zero-order chi connectivity index (χ0) is 15.6. The largest absolute Gasteiger partial charge is 0.394 e. The summed E-state index contributed by atoms with van der Waals surface area (Å²) in [4.78, 5) is 23.5. The Morgan fingerprint density at radius 1 is 1.10 bits per heavy atom. The van der Waals surface area contributed by atoms with Crippen LogP contribution in [0.1, 0.15) is 0 Å². The second-order valence-corrected chi connectivity index (χ2v) is 4.73. The number of ether oxygens (including phenoxy) is 2. The van der Waals surface area contributed by atoms with E-state index >= 15 is 0 Å². The van der Waals surface area contributed by atoms with Gasteiger partial charge in [0.25, 0.3) is 11.8 Å². The number of hydrogen-bond acceptors (Lipinski definition) is 8. The molecule has 0 spiro atoms. The third kappa shape index (κ3) is 3.28. The molecule has 0 saturated carbocycles. The average Bonchev–Trinajstić information content (AvgIpc) is 2.79. The molecule has 4 N–H and O–H groups in total. The minimum Gasteiger partial charge on any atom is -0.394 e. The number of amides is 2. The van der Waals surface area contributed by atoms with Crippen LogP contribution in [0.5, 0.6) is 0 Å². The zero-order valence-electron chi connectivity index (χ0n) is 11.0. The monoisotopic (exact) mass is 303 g/mol. The van der Waals surface area contributed by atoms with Crippen molar-refractivity contribution in [1.82, 2.24) is 4.90 Å². The van der Waals surface area contributed by atoms with Gasteiger partial charge in [-0.1, -0.05) is 0 Å². The summed E-state index contributed by atoms with van der Waals surface area (Å²) in [7, 11) is 0. The summed E-state index contributed by atoms with van der Waals surface area (Å²) in [5, 5.41) is 37.9. The lowest BCUT2D eigenvalue weighted by molar-refractivity contribution is -0.301. The van der Waals surface area contributed by atoms with Crippen LogP contribution in [0.4, 0.5) is 0 Å². The van der Waals surface area contributed by atoms with E-state index in [2.05, 4.69) is 0 Å². The first-order valence-corrected chi connectivity index (χ1v) is 6.41. The Labute approximate surface area is 120 Å². The number of rotatable bonds is 5. The average molecular weight is 303 g/mol. The van der Waals surface area contributed by atoms with Gasteiger partial charge in [0.2, 0.25) is 0 Å². The molecule has 0 bridgehead atoms. The molecule has 0 aromatic rings. The van der Waals surface area contributed by atoms with Crippen LogP contribution in [0.15, 0.2) is 12.2 Å². The summed E-state index contributed by atoms with van der Waals surface area (Å²) in [6.07, 6.45) is -4.57. The molecule has 0 aliphatic carbocycles. The summed E-state index contributed by atoms with van der Waals surface area (Å²) in [6, 6.07) is 0. The van der Waals surface area contributed by atoms with Gasteiger partial charge in [0.1, 0.15) is 24.4 Å². The molecule has 1 fully saturated rings. The first-order valence-electron chi connectivity index (χ1n) is 6.41. The van der Waals surface area contributed by atoms with Gasteiger partial charge in [-0.25, -0.2) is 0 Å². The third-order valence-corrected chi connectivity index (χ3v) is 3.35. The Morgan fingerprint density at radius 2 is 1.71 bits per heavy atom. The van der Waals surface area contributed by atoms with Crippen molar-refractivity contribution in [2.75, 3.05) is 19.8 Å². The fraction of sp³-hybridized carbons (Fsp3) is 0.667. The van der Waals surface area contributed by atoms with Crippen molar-refractivity contribution in [3.63, 3.8) is 0 Å². The molecule has 0 aromatic heterocycles. The Balaban J connectivity index is 1.85. The van der Waals surface area contributed by atoms with E-state index in [1.165, 1.54) is 0 Å². The van der Waals surface area contributed by atoms with E-state index in [4.69, 9.17) is 14.6 Å². The van der Waals surface area contributed by atoms with Gasteiger partial charge in [-0.15, -0.1) is 0 Å². The molecular formula is C12H17NO8. The van der Waals surface area contributed by atoms with Crippen LogP contribution < -0.4 is 0 Å². The minimum absolute atomic E-state index is 0.0420. The first-order chi connectivity index (χ1) is 9.95. The van der Waals surface area contributed by atoms with Crippen molar-refractivity contribution in [2.24, 2.45) is 0 Å². The lowest BCUT2D eigenvalue weighted by Crippen LogP contribution is -2.59. The molecular weight excluding hydrogens is 286 g/mol. The van der Waals surface area contributed by atoms with Gasteiger partial charge < -0.3 is 29.9 Å². The maximum absolute atomic E-state index is 11.3. The molecule has 0 aromatic carbocycles. The topological polar surface area (TPSA) is 137 Å². The number of aliphatic hydroxyl groups is 4. The zero-order valence-corrected chi connectivity index (χ0v) is 11.0. The van der Waals surface area contributed by atoms with Crippen LogP contribution in [0.2, 0.25) is 0 Å². The predicted octanol–water partition coefficient (Wildman–Crippen LogP) is -3.27. The standard InChI is InChI=1S/C12H17NO8/c14-5-6-9(17)10(18)11(19)12(21-6)20-4-3-13-7(15)1-2-8(13)16/h1-2,6,9-12,14,17-19H,3-5H2/t6-,9-,10+,11-,12-/m1/s1. The SMILES string of the molecule is O=C1C=CC(=O)N1CCO[C@@H]1O[C@H](CO)[C@@H](O)[C@H](O)[C@H]1O. The Kier molecular flexibility index (Phi) is 5.04. The quantitative estimate of drug-likeness (QED) is 0.388. The van der Waals surface area contributed by atoms with Crippen molar-refractivity contribution < 1.29 is 39.5 Å². The summed E-state index contributed by atoms with van der Waals surface area (Å²) < 4.78 is 10.3. The van der Waals surface area contributed by atoms with Gasteiger partial charge in [-0.2, -0.15) is 0 Å². The number of imide groups is 1. The van der Waals surface area contributed by atoms with E-state index in [0.717, 1.165) is 17.1 Å². The van der Waals surface area contributed by atoms with E-state index in [9.17, 15) is 24.9 Å². The normalized spacial score (nSPS) is 36.6. The lowest BCUT2D eigenvalue weighted by Gasteiger charge is -2.39. The number of hydrogen-bond donors (Lipinski definition) is 4. The summed E-state index contributed by atoms with van der Waals surface area (Å²) >= 11 is 0. The molecule has 1 saturated heterocycles. The van der Waals surface area contributed by atoms with Crippen LogP contribution >= 0.6 is 0 Å². The molecule has 2 aliphatic heterocycles. The van der Waals surface area contributed by atoms with Crippen molar-refractivity contribution in [2.45, 2.75) is 30.7 Å². The van der Waals surface area contributed by atoms with Crippen LogP contribution in [0.25, 0.3) is 0 Å². The number of nitrogens with zero attached hydrogens (tertiary/aromatic N) is 1. The van der Waals surface area contributed by atoms with Gasteiger partial charge in [-0.05, 0) is 0 Å². The fourth-order valence-corrected chi connectivity index (χ4v) is 2.12. The van der Waals surface area contributed by atoms with E-state index in [0.29, 0.717) is 0 Å². The second-order valence-electron chi connectivity index (χ2n) is 4.73. The minimum atomic E-state index is -1.53. The van der Waals surface area contributed by atoms with E-state index in [1.54, 1.807) is 0 Å². The van der Waals surface area contributed by atoms with E-state index in [1.807, 2.05) is 0 Å². The molecule has 2 amide bonds. The second kappa shape index (κ2) is 6.60. The number of carbonyl (C=O) groups excluding carboxylic acids is 2. The molecule has 118 valence electrons. The van der Waals surface area contributed by atoms with E-state index < -0.39 is 49.1 Å². The molecule has 2 rings (SSSR count). The predicted molar refractivity (Wildman–Crippen MR) is 65.6 cm³/mol. The maximum atomic E-state index is 11.3. The molecule has 5 atom stereocenters. The summed E-state index contributed by atoms with van der Waals surface area (Å²) in [6.45, 7) is -0.723. The van der Waals surface area contributed by atoms with Gasteiger partial charge in [0.05, 0.1) is 19.8 Å².